The first-order chi connectivity index (χ1) is 8.52. The zero-order valence-electron chi connectivity index (χ0n) is 10.5. The Hall–Kier alpha value is -0.450. The Balaban J connectivity index is 3.03. The van der Waals surface area contributed by atoms with Crippen molar-refractivity contribution >= 4 is 33.2 Å². The van der Waals surface area contributed by atoms with Gasteiger partial charge in [0.1, 0.15) is 4.24 Å². The van der Waals surface area contributed by atoms with E-state index >= 15 is 0 Å². The molecule has 0 spiro atoms. The minimum atomic E-state index is -3.37. The van der Waals surface area contributed by atoms with Gasteiger partial charge in [-0.1, -0.05) is 23.8 Å². The van der Waals surface area contributed by atoms with E-state index in [0.717, 1.165) is 12.0 Å². The lowest BCUT2D eigenvalue weighted by molar-refractivity contribution is 0.604. The van der Waals surface area contributed by atoms with E-state index in [1.807, 2.05) is 19.1 Å². The van der Waals surface area contributed by atoms with Crippen LogP contribution in [-0.2, 0) is 9.84 Å². The van der Waals surface area contributed by atoms with Gasteiger partial charge in [-0.15, -0.1) is 23.4 Å². The van der Waals surface area contributed by atoms with E-state index in [9.17, 15) is 8.42 Å². The second-order valence-electron chi connectivity index (χ2n) is 3.87. The third-order valence-corrected chi connectivity index (χ3v) is 6.03. The van der Waals surface area contributed by atoms with E-state index in [2.05, 4.69) is 0 Å². The molecule has 1 aromatic rings. The average Bonchev–Trinajstić information content (AvgIpc) is 2.35. The fourth-order valence-corrected chi connectivity index (χ4v) is 4.10. The van der Waals surface area contributed by atoms with Crippen molar-refractivity contribution in [3.63, 3.8) is 0 Å². The molecule has 0 atom stereocenters. The van der Waals surface area contributed by atoms with Gasteiger partial charge in [0.05, 0.1) is 4.90 Å². The van der Waals surface area contributed by atoms with Gasteiger partial charge >= 0.3 is 0 Å². The molecule has 0 aromatic heterocycles. The molecular weight excluding hydrogens is 288 g/mol. The molecule has 0 unspecified atom stereocenters. The summed E-state index contributed by atoms with van der Waals surface area (Å²) < 4.78 is 25.1. The molecule has 0 aliphatic rings. The fraction of sp³-hybridized carbons (Fsp3) is 0.385. The zero-order valence-corrected chi connectivity index (χ0v) is 12.9. The van der Waals surface area contributed by atoms with E-state index < -0.39 is 9.84 Å². The molecule has 0 bridgehead atoms. The van der Waals surface area contributed by atoms with Gasteiger partial charge < -0.3 is 0 Å². The second-order valence-corrected chi connectivity index (χ2v) is 7.28. The smallest absolute Gasteiger partial charge is 0.212 e. The fourth-order valence-electron chi connectivity index (χ4n) is 1.43. The van der Waals surface area contributed by atoms with Crippen LogP contribution in [0.1, 0.15) is 18.4 Å². The molecule has 0 aliphatic heterocycles. The monoisotopic (exact) mass is 304 g/mol. The topological polar surface area (TPSA) is 34.1 Å². The van der Waals surface area contributed by atoms with Gasteiger partial charge in [-0.2, -0.15) is 0 Å². The third-order valence-electron chi connectivity index (χ3n) is 2.45. The molecule has 1 aromatic carbocycles. The predicted octanol–water partition coefficient (Wildman–Crippen LogP) is 3.99. The molecule has 0 saturated heterocycles. The lowest BCUT2D eigenvalue weighted by atomic mass is 10.2. The maximum Gasteiger partial charge on any atom is 0.212 e. The maximum atomic E-state index is 12.3. The van der Waals surface area contributed by atoms with E-state index in [-0.39, 0.29) is 0 Å². The van der Waals surface area contributed by atoms with E-state index in [1.165, 1.54) is 11.8 Å². The SMILES string of the molecule is CS/C(=C\CCCCl)S(=O)(=O)c1ccc(C)cc1. The van der Waals surface area contributed by atoms with Crippen molar-refractivity contribution in [1.29, 1.82) is 0 Å². The van der Waals surface area contributed by atoms with Crippen LogP contribution in [0.2, 0.25) is 0 Å². The van der Waals surface area contributed by atoms with Gasteiger partial charge in [-0.05, 0) is 38.2 Å². The number of unbranched alkanes of at least 4 members (excludes halogenated alkanes) is 1. The largest absolute Gasteiger partial charge is 0.218 e. The molecule has 5 heteroatoms. The summed E-state index contributed by atoms with van der Waals surface area (Å²) in [5.41, 5.74) is 1.05. The van der Waals surface area contributed by atoms with Crippen molar-refractivity contribution in [1.82, 2.24) is 0 Å². The molecule has 0 N–H and O–H groups in total. The van der Waals surface area contributed by atoms with Gasteiger partial charge in [-0.3, -0.25) is 0 Å². The van der Waals surface area contributed by atoms with E-state index in [4.69, 9.17) is 11.6 Å². The predicted molar refractivity (Wildman–Crippen MR) is 79.9 cm³/mol. The van der Waals surface area contributed by atoms with E-state index in [0.29, 0.717) is 21.4 Å². The van der Waals surface area contributed by atoms with Gasteiger partial charge in [0.2, 0.25) is 9.84 Å². The number of rotatable bonds is 6. The zero-order chi connectivity index (χ0) is 13.6. The molecule has 0 amide bonds. The Morgan fingerprint density at radius 1 is 1.33 bits per heavy atom. The highest BCUT2D eigenvalue weighted by Crippen LogP contribution is 2.27. The van der Waals surface area contributed by atoms with Gasteiger partial charge in [-0.25, -0.2) is 8.42 Å². The van der Waals surface area contributed by atoms with Crippen LogP contribution in [0.15, 0.2) is 39.5 Å². The number of halogens is 1. The first kappa shape index (κ1) is 15.6. The first-order valence-electron chi connectivity index (χ1n) is 5.64. The minimum absolute atomic E-state index is 0.347. The number of aryl methyl sites for hydroxylation is 1. The molecule has 0 saturated carbocycles. The molecule has 18 heavy (non-hydrogen) atoms. The molecular formula is C13H17ClO2S2. The van der Waals surface area contributed by atoms with Crippen LogP contribution < -0.4 is 0 Å². The molecule has 0 aliphatic carbocycles. The number of benzene rings is 1. The summed E-state index contributed by atoms with van der Waals surface area (Å²) in [6, 6.07) is 6.92. The number of allylic oxidation sites excluding steroid dienone is 1. The minimum Gasteiger partial charge on any atom is -0.218 e. The summed E-state index contributed by atoms with van der Waals surface area (Å²) in [5, 5.41) is 0. The Kier molecular flexibility index (Phi) is 6.26. The summed E-state index contributed by atoms with van der Waals surface area (Å²) in [5.74, 6) is 0.544. The molecule has 0 heterocycles. The van der Waals surface area contributed by atoms with Crippen LogP contribution in [0.4, 0.5) is 0 Å². The lowest BCUT2D eigenvalue weighted by Crippen LogP contribution is -2.02. The van der Waals surface area contributed by atoms with Crippen molar-refractivity contribution in [2.24, 2.45) is 0 Å². The van der Waals surface area contributed by atoms with Crippen molar-refractivity contribution in [2.75, 3.05) is 12.1 Å². The molecule has 1 rings (SSSR count). The number of sulfone groups is 1. The van der Waals surface area contributed by atoms with E-state index in [1.54, 1.807) is 24.5 Å². The van der Waals surface area contributed by atoms with Crippen LogP contribution in [0, 0.1) is 6.92 Å². The number of hydrogen-bond donors (Lipinski definition) is 0. The number of alkyl halides is 1. The normalized spacial score (nSPS) is 12.7. The van der Waals surface area contributed by atoms with Gasteiger partial charge in [0, 0.05) is 5.88 Å². The highest BCUT2D eigenvalue weighted by Gasteiger charge is 2.19. The quantitative estimate of drug-likeness (QED) is 0.588. The third kappa shape index (κ3) is 4.04. The van der Waals surface area contributed by atoms with Crippen LogP contribution in [-0.4, -0.2) is 20.6 Å². The Morgan fingerprint density at radius 2 is 1.94 bits per heavy atom. The summed E-state index contributed by atoms with van der Waals surface area (Å²) in [4.78, 5) is 0.347. The second kappa shape index (κ2) is 7.22. The number of thioether (sulfide) groups is 1. The number of hydrogen-bond acceptors (Lipinski definition) is 3. The van der Waals surface area contributed by atoms with Crippen LogP contribution in [0.25, 0.3) is 0 Å². The Labute approximate surface area is 118 Å². The highest BCUT2D eigenvalue weighted by atomic mass is 35.5. The first-order valence-corrected chi connectivity index (χ1v) is 8.88. The summed E-state index contributed by atoms with van der Waals surface area (Å²) in [7, 11) is -3.37. The molecule has 0 radical (unpaired) electrons. The Morgan fingerprint density at radius 3 is 2.44 bits per heavy atom. The van der Waals surface area contributed by atoms with Crippen LogP contribution in [0.5, 0.6) is 0 Å². The average molecular weight is 305 g/mol. The maximum absolute atomic E-state index is 12.3. The molecule has 100 valence electrons. The lowest BCUT2D eigenvalue weighted by Gasteiger charge is -2.07. The van der Waals surface area contributed by atoms with Crippen molar-refractivity contribution in [2.45, 2.75) is 24.7 Å². The van der Waals surface area contributed by atoms with Crippen molar-refractivity contribution < 1.29 is 8.42 Å². The van der Waals surface area contributed by atoms with Crippen molar-refractivity contribution in [3.05, 3.63) is 40.1 Å². The Bertz CT molecular complexity index is 504. The standard InChI is InChI=1S/C13H17ClO2S2/c1-11-6-8-12(9-7-11)18(15,16)13(17-2)5-3-4-10-14/h5-9H,3-4,10H2,1-2H3/b13-5+. The van der Waals surface area contributed by atoms with Crippen molar-refractivity contribution in [3.8, 4) is 0 Å². The summed E-state index contributed by atoms with van der Waals surface area (Å²) >= 11 is 6.85. The summed E-state index contributed by atoms with van der Waals surface area (Å²) in [6.45, 7) is 1.93. The van der Waals surface area contributed by atoms with Gasteiger partial charge in [0.25, 0.3) is 0 Å². The van der Waals surface area contributed by atoms with Crippen LogP contribution >= 0.6 is 23.4 Å². The highest BCUT2D eigenvalue weighted by molar-refractivity contribution is 8.18. The molecule has 0 fully saturated rings. The summed E-state index contributed by atoms with van der Waals surface area (Å²) in [6.07, 6.45) is 5.00. The van der Waals surface area contributed by atoms with Gasteiger partial charge in [0.15, 0.2) is 0 Å². The van der Waals surface area contributed by atoms with Crippen LogP contribution in [0.3, 0.4) is 0 Å². The molecule has 2 nitrogen and oxygen atoms in total.